The van der Waals surface area contributed by atoms with Gasteiger partial charge < -0.3 is 4.74 Å². The highest BCUT2D eigenvalue weighted by Gasteiger charge is 2.13. The number of rotatable bonds is 7. The molecule has 144 valence electrons. The molecular formula is C23H25N3OS. The lowest BCUT2D eigenvalue weighted by Gasteiger charge is -2.22. The minimum absolute atomic E-state index is 0.427. The van der Waals surface area contributed by atoms with E-state index in [0.717, 1.165) is 22.0 Å². The Bertz CT molecular complexity index is 901. The summed E-state index contributed by atoms with van der Waals surface area (Å²) in [7, 11) is 0. The molecule has 0 unspecified atom stereocenters. The fraction of sp³-hybridized carbons (Fsp3) is 0.304. The van der Waals surface area contributed by atoms with Crippen molar-refractivity contribution in [2.45, 2.75) is 44.8 Å². The third-order valence-corrected chi connectivity index (χ3v) is 5.68. The van der Waals surface area contributed by atoms with Crippen molar-refractivity contribution in [2.75, 3.05) is 5.43 Å². The SMILES string of the molecule is C(=NNc1nc(-c2ccccc2)cs1)c1cccc(COC2CCCCC2)c1. The zero-order valence-electron chi connectivity index (χ0n) is 15.9. The first kappa shape index (κ1) is 18.8. The van der Waals surface area contributed by atoms with Gasteiger partial charge in [-0.1, -0.05) is 67.8 Å². The highest BCUT2D eigenvalue weighted by molar-refractivity contribution is 7.14. The second kappa shape index (κ2) is 9.62. The van der Waals surface area contributed by atoms with Gasteiger partial charge in [0.2, 0.25) is 5.13 Å². The third kappa shape index (κ3) is 5.27. The number of ether oxygens (including phenoxy) is 1. The monoisotopic (exact) mass is 391 g/mol. The Hall–Kier alpha value is -2.50. The predicted octanol–water partition coefficient (Wildman–Crippen LogP) is 6.11. The first-order valence-corrected chi connectivity index (χ1v) is 10.8. The van der Waals surface area contributed by atoms with Crippen LogP contribution in [-0.2, 0) is 11.3 Å². The molecule has 0 radical (unpaired) electrons. The smallest absolute Gasteiger partial charge is 0.203 e. The van der Waals surface area contributed by atoms with Crippen molar-refractivity contribution < 1.29 is 4.74 Å². The summed E-state index contributed by atoms with van der Waals surface area (Å²) in [5.41, 5.74) is 7.35. The molecule has 0 bridgehead atoms. The first-order chi connectivity index (χ1) is 13.9. The van der Waals surface area contributed by atoms with E-state index in [9.17, 15) is 0 Å². The van der Waals surface area contributed by atoms with Gasteiger partial charge in [0.1, 0.15) is 0 Å². The summed E-state index contributed by atoms with van der Waals surface area (Å²) in [6.07, 6.45) is 8.60. The van der Waals surface area contributed by atoms with Crippen LogP contribution in [0.1, 0.15) is 43.2 Å². The Kier molecular flexibility index (Phi) is 6.48. The number of thiazole rings is 1. The van der Waals surface area contributed by atoms with Crippen LogP contribution >= 0.6 is 11.3 Å². The number of hydrogen-bond donors (Lipinski definition) is 1. The van der Waals surface area contributed by atoms with Gasteiger partial charge in [-0.15, -0.1) is 11.3 Å². The van der Waals surface area contributed by atoms with E-state index in [1.807, 2.05) is 35.9 Å². The Morgan fingerprint density at radius 2 is 1.93 bits per heavy atom. The quantitative estimate of drug-likeness (QED) is 0.391. The molecule has 0 amide bonds. The van der Waals surface area contributed by atoms with Gasteiger partial charge in [0.15, 0.2) is 0 Å². The molecule has 1 aromatic heterocycles. The van der Waals surface area contributed by atoms with Crippen molar-refractivity contribution in [3.8, 4) is 11.3 Å². The molecule has 1 aliphatic carbocycles. The summed E-state index contributed by atoms with van der Waals surface area (Å²) in [6, 6.07) is 18.5. The number of hydrazone groups is 1. The average Bonchev–Trinajstić information content (AvgIpc) is 3.23. The number of anilines is 1. The molecule has 1 saturated carbocycles. The lowest BCUT2D eigenvalue weighted by atomic mass is 9.98. The molecule has 0 aliphatic heterocycles. The zero-order chi connectivity index (χ0) is 19.0. The van der Waals surface area contributed by atoms with Crippen molar-refractivity contribution in [3.05, 3.63) is 71.1 Å². The molecule has 0 atom stereocenters. The van der Waals surface area contributed by atoms with Gasteiger partial charge in [0.25, 0.3) is 0 Å². The van der Waals surface area contributed by atoms with E-state index in [1.54, 1.807) is 11.3 Å². The van der Waals surface area contributed by atoms with E-state index in [2.05, 4.69) is 45.8 Å². The Morgan fingerprint density at radius 3 is 2.79 bits per heavy atom. The van der Waals surface area contributed by atoms with E-state index in [1.165, 1.54) is 37.7 Å². The molecule has 1 fully saturated rings. The summed E-state index contributed by atoms with van der Waals surface area (Å²) in [6.45, 7) is 0.673. The molecule has 1 heterocycles. The van der Waals surface area contributed by atoms with Gasteiger partial charge in [0, 0.05) is 10.9 Å². The highest BCUT2D eigenvalue weighted by Crippen LogP contribution is 2.24. The lowest BCUT2D eigenvalue weighted by Crippen LogP contribution is -2.16. The van der Waals surface area contributed by atoms with Gasteiger partial charge in [-0.2, -0.15) is 5.10 Å². The minimum Gasteiger partial charge on any atom is -0.374 e. The van der Waals surface area contributed by atoms with Crippen molar-refractivity contribution in [3.63, 3.8) is 0 Å². The molecule has 2 aromatic carbocycles. The van der Waals surface area contributed by atoms with Crippen molar-refractivity contribution in [2.24, 2.45) is 5.10 Å². The van der Waals surface area contributed by atoms with Crippen LogP contribution in [0.2, 0.25) is 0 Å². The van der Waals surface area contributed by atoms with E-state index in [-0.39, 0.29) is 0 Å². The molecule has 1 aliphatic rings. The van der Waals surface area contributed by atoms with Crippen molar-refractivity contribution >= 4 is 22.7 Å². The molecule has 0 saturated heterocycles. The normalized spacial score (nSPS) is 15.1. The Balaban J connectivity index is 1.31. The van der Waals surface area contributed by atoms with Gasteiger partial charge in [-0.25, -0.2) is 4.98 Å². The summed E-state index contributed by atoms with van der Waals surface area (Å²) in [5.74, 6) is 0. The number of benzene rings is 2. The minimum atomic E-state index is 0.427. The molecule has 4 rings (SSSR count). The van der Waals surface area contributed by atoms with Crippen LogP contribution in [0.5, 0.6) is 0 Å². The summed E-state index contributed by atoms with van der Waals surface area (Å²) in [4.78, 5) is 4.58. The van der Waals surface area contributed by atoms with Crippen LogP contribution < -0.4 is 5.43 Å². The van der Waals surface area contributed by atoms with Crippen molar-refractivity contribution in [1.82, 2.24) is 4.98 Å². The fourth-order valence-electron chi connectivity index (χ4n) is 3.44. The Morgan fingerprint density at radius 1 is 1.07 bits per heavy atom. The fourth-order valence-corrected chi connectivity index (χ4v) is 4.11. The maximum absolute atomic E-state index is 6.07. The van der Waals surface area contributed by atoms with Gasteiger partial charge >= 0.3 is 0 Å². The zero-order valence-corrected chi connectivity index (χ0v) is 16.7. The van der Waals surface area contributed by atoms with Crippen LogP contribution in [0.15, 0.2) is 65.1 Å². The highest BCUT2D eigenvalue weighted by atomic mass is 32.1. The predicted molar refractivity (Wildman–Crippen MR) is 117 cm³/mol. The first-order valence-electron chi connectivity index (χ1n) is 9.87. The molecule has 5 heteroatoms. The molecular weight excluding hydrogens is 366 g/mol. The molecule has 3 aromatic rings. The number of aromatic nitrogens is 1. The maximum Gasteiger partial charge on any atom is 0.203 e. The molecule has 0 spiro atoms. The van der Waals surface area contributed by atoms with Crippen molar-refractivity contribution in [1.29, 1.82) is 0 Å². The van der Waals surface area contributed by atoms with Gasteiger partial charge in [0.05, 0.1) is 24.6 Å². The average molecular weight is 392 g/mol. The Labute approximate surface area is 170 Å². The lowest BCUT2D eigenvalue weighted by molar-refractivity contribution is 0.0169. The summed E-state index contributed by atoms with van der Waals surface area (Å²) >= 11 is 1.55. The topological polar surface area (TPSA) is 46.5 Å². The molecule has 4 nitrogen and oxygen atoms in total. The summed E-state index contributed by atoms with van der Waals surface area (Å²) in [5, 5.41) is 7.16. The van der Waals surface area contributed by atoms with Crippen LogP contribution in [0.3, 0.4) is 0 Å². The maximum atomic E-state index is 6.07. The largest absolute Gasteiger partial charge is 0.374 e. The van der Waals surface area contributed by atoms with Crippen LogP contribution in [0.4, 0.5) is 5.13 Å². The van der Waals surface area contributed by atoms with E-state index in [4.69, 9.17) is 4.74 Å². The number of nitrogens with one attached hydrogen (secondary N) is 1. The second-order valence-electron chi connectivity index (χ2n) is 7.09. The third-order valence-electron chi connectivity index (χ3n) is 4.94. The van der Waals surface area contributed by atoms with Crippen LogP contribution in [0, 0.1) is 0 Å². The molecule has 1 N–H and O–H groups in total. The molecule has 28 heavy (non-hydrogen) atoms. The van der Waals surface area contributed by atoms with E-state index >= 15 is 0 Å². The van der Waals surface area contributed by atoms with Gasteiger partial charge in [-0.3, -0.25) is 5.43 Å². The second-order valence-corrected chi connectivity index (χ2v) is 7.95. The summed E-state index contributed by atoms with van der Waals surface area (Å²) < 4.78 is 6.07. The van der Waals surface area contributed by atoms with E-state index in [0.29, 0.717) is 12.7 Å². The number of hydrogen-bond acceptors (Lipinski definition) is 5. The van der Waals surface area contributed by atoms with Gasteiger partial charge in [-0.05, 0) is 30.0 Å². The standard InChI is InChI=1S/C23H25N3OS/c1-3-10-20(11-4-1)22-17-28-23(25-22)26-24-15-18-8-7-9-19(14-18)16-27-21-12-5-2-6-13-21/h1,3-4,7-11,14-15,17,21H,2,5-6,12-13,16H2,(H,25,26). The van der Waals surface area contributed by atoms with E-state index < -0.39 is 0 Å². The number of nitrogens with zero attached hydrogens (tertiary/aromatic N) is 2. The van der Waals surface area contributed by atoms with Crippen LogP contribution in [0.25, 0.3) is 11.3 Å². The van der Waals surface area contributed by atoms with Crippen LogP contribution in [-0.4, -0.2) is 17.3 Å².